The second kappa shape index (κ2) is 11.2. The summed E-state index contributed by atoms with van der Waals surface area (Å²) in [4.78, 5) is 9.04. The molecular formula is C22H36N2. The molecule has 0 fully saturated rings. The number of hydrogen-bond donors (Lipinski definition) is 0. The van der Waals surface area contributed by atoms with E-state index in [-0.39, 0.29) is 0 Å². The summed E-state index contributed by atoms with van der Waals surface area (Å²) in [6, 6.07) is 8.48. The molecule has 0 spiro atoms. The van der Waals surface area contributed by atoms with Gasteiger partial charge in [-0.05, 0) is 41.7 Å². The van der Waals surface area contributed by atoms with Gasteiger partial charge in [-0.25, -0.2) is 0 Å². The van der Waals surface area contributed by atoms with E-state index in [9.17, 15) is 0 Å². The van der Waals surface area contributed by atoms with Crippen LogP contribution in [0.5, 0.6) is 0 Å². The zero-order valence-electron chi connectivity index (χ0n) is 16.4. The van der Waals surface area contributed by atoms with Gasteiger partial charge in [-0.3, -0.25) is 9.98 Å². The first-order valence-corrected chi connectivity index (χ1v) is 9.46. The molecule has 1 aromatic carbocycles. The van der Waals surface area contributed by atoms with Gasteiger partial charge in [-0.1, -0.05) is 71.7 Å². The molecule has 134 valence electrons. The van der Waals surface area contributed by atoms with Crippen molar-refractivity contribution in [3.8, 4) is 0 Å². The molecule has 0 aliphatic rings. The number of nitrogens with zero attached hydrogens (tertiary/aromatic N) is 2. The molecule has 24 heavy (non-hydrogen) atoms. The highest BCUT2D eigenvalue weighted by molar-refractivity contribution is 5.84. The van der Waals surface area contributed by atoms with Crippen molar-refractivity contribution < 1.29 is 0 Å². The van der Waals surface area contributed by atoms with Crippen molar-refractivity contribution in [1.82, 2.24) is 0 Å². The van der Waals surface area contributed by atoms with Crippen LogP contribution in [0.2, 0.25) is 0 Å². The molecule has 0 unspecified atom stereocenters. The van der Waals surface area contributed by atoms with E-state index < -0.39 is 0 Å². The molecule has 0 N–H and O–H groups in total. The average Bonchev–Trinajstić information content (AvgIpc) is 2.50. The second-order valence-corrected chi connectivity index (χ2v) is 8.29. The molecule has 0 aliphatic heterocycles. The van der Waals surface area contributed by atoms with E-state index in [0.29, 0.717) is 5.41 Å². The van der Waals surface area contributed by atoms with Crippen LogP contribution in [0.15, 0.2) is 34.3 Å². The predicted octanol–water partition coefficient (Wildman–Crippen LogP) is 6.18. The monoisotopic (exact) mass is 328 g/mol. The maximum atomic E-state index is 4.53. The molecule has 0 saturated heterocycles. The smallest absolute Gasteiger partial charge is 0.0389 e. The van der Waals surface area contributed by atoms with E-state index in [2.05, 4.69) is 68.9 Å². The number of unbranched alkanes of at least 4 members (excludes halogenated alkanes) is 1. The van der Waals surface area contributed by atoms with E-state index in [1.54, 1.807) is 0 Å². The third-order valence-corrected chi connectivity index (χ3v) is 3.95. The van der Waals surface area contributed by atoms with Crippen molar-refractivity contribution in [3.63, 3.8) is 0 Å². The van der Waals surface area contributed by atoms with Gasteiger partial charge >= 0.3 is 0 Å². The molecule has 0 bridgehead atoms. The Morgan fingerprint density at radius 1 is 0.833 bits per heavy atom. The molecule has 0 aromatic heterocycles. The van der Waals surface area contributed by atoms with Crippen LogP contribution in [-0.4, -0.2) is 25.5 Å². The first kappa shape index (κ1) is 20.6. The normalized spacial score (nSPS) is 12.8. The summed E-state index contributed by atoms with van der Waals surface area (Å²) in [6.07, 6.45) is 10.1. The van der Waals surface area contributed by atoms with E-state index in [1.165, 1.54) is 36.8 Å². The van der Waals surface area contributed by atoms with Gasteiger partial charge in [0, 0.05) is 25.5 Å². The average molecular weight is 329 g/mol. The molecule has 0 radical (unpaired) electrons. The minimum Gasteiger partial charge on any atom is -0.293 e. The lowest BCUT2D eigenvalue weighted by Gasteiger charge is -2.16. The minimum absolute atomic E-state index is 0.408. The van der Waals surface area contributed by atoms with Crippen LogP contribution in [0.3, 0.4) is 0 Å². The quantitative estimate of drug-likeness (QED) is 0.362. The zero-order chi connectivity index (χ0) is 17.8. The fourth-order valence-electron chi connectivity index (χ4n) is 2.46. The van der Waals surface area contributed by atoms with E-state index >= 15 is 0 Å². The van der Waals surface area contributed by atoms with Crippen LogP contribution < -0.4 is 0 Å². The summed E-state index contributed by atoms with van der Waals surface area (Å²) < 4.78 is 0. The van der Waals surface area contributed by atoms with Crippen molar-refractivity contribution in [2.24, 2.45) is 21.3 Å². The molecule has 1 aromatic rings. The highest BCUT2D eigenvalue weighted by Gasteiger charge is 2.08. The third-order valence-electron chi connectivity index (χ3n) is 3.95. The van der Waals surface area contributed by atoms with Crippen LogP contribution in [0.25, 0.3) is 0 Å². The largest absolute Gasteiger partial charge is 0.293 e. The van der Waals surface area contributed by atoms with Crippen LogP contribution in [0.1, 0.15) is 77.8 Å². The Morgan fingerprint density at radius 2 is 1.33 bits per heavy atom. The summed E-state index contributed by atoms with van der Waals surface area (Å²) in [5.41, 5.74) is 2.74. The summed E-state index contributed by atoms with van der Waals surface area (Å²) in [7, 11) is 0. The van der Waals surface area contributed by atoms with Crippen molar-refractivity contribution in [3.05, 3.63) is 35.4 Å². The van der Waals surface area contributed by atoms with E-state index in [0.717, 1.165) is 25.4 Å². The Kier molecular flexibility index (Phi) is 9.59. The Labute approximate surface area is 149 Å². The van der Waals surface area contributed by atoms with Crippen molar-refractivity contribution in [2.75, 3.05) is 13.1 Å². The number of rotatable bonds is 10. The standard InChI is InChI=1S/C22H36N2/c1-19(2)9-6-7-15-23-17-20-10-12-21(13-11-20)18-24-16-8-14-22(3,4)5/h10-13,17-19H,6-9,14-16H2,1-5H3. The molecule has 2 heteroatoms. The van der Waals surface area contributed by atoms with Crippen LogP contribution in [-0.2, 0) is 0 Å². The summed E-state index contributed by atoms with van der Waals surface area (Å²) in [6.45, 7) is 13.2. The Bertz CT molecular complexity index is 490. The maximum Gasteiger partial charge on any atom is 0.0389 e. The summed E-state index contributed by atoms with van der Waals surface area (Å²) in [5, 5.41) is 0. The lowest BCUT2D eigenvalue weighted by Crippen LogP contribution is -2.04. The minimum atomic E-state index is 0.408. The number of benzene rings is 1. The maximum absolute atomic E-state index is 4.53. The molecule has 2 nitrogen and oxygen atoms in total. The molecular weight excluding hydrogens is 292 g/mol. The topological polar surface area (TPSA) is 24.7 Å². The molecule has 0 atom stereocenters. The SMILES string of the molecule is CC(C)CCCCN=Cc1ccc(C=NCCCC(C)(C)C)cc1. The van der Waals surface area contributed by atoms with Gasteiger partial charge in [-0.2, -0.15) is 0 Å². The highest BCUT2D eigenvalue weighted by Crippen LogP contribution is 2.20. The van der Waals surface area contributed by atoms with Crippen molar-refractivity contribution in [1.29, 1.82) is 0 Å². The first-order valence-electron chi connectivity index (χ1n) is 9.46. The number of aliphatic imine (C=N–C) groups is 2. The van der Waals surface area contributed by atoms with E-state index in [4.69, 9.17) is 0 Å². The fourth-order valence-corrected chi connectivity index (χ4v) is 2.46. The van der Waals surface area contributed by atoms with Crippen molar-refractivity contribution in [2.45, 2.75) is 66.7 Å². The second-order valence-electron chi connectivity index (χ2n) is 8.29. The van der Waals surface area contributed by atoms with Crippen LogP contribution >= 0.6 is 0 Å². The third kappa shape index (κ3) is 11.2. The molecule has 0 aliphatic carbocycles. The Hall–Kier alpha value is -1.44. The lowest BCUT2D eigenvalue weighted by atomic mass is 9.91. The van der Waals surface area contributed by atoms with Gasteiger partial charge in [0.2, 0.25) is 0 Å². The molecule has 1 rings (SSSR count). The Morgan fingerprint density at radius 3 is 1.79 bits per heavy atom. The van der Waals surface area contributed by atoms with Crippen LogP contribution in [0, 0.1) is 11.3 Å². The van der Waals surface area contributed by atoms with Gasteiger partial charge < -0.3 is 0 Å². The first-order chi connectivity index (χ1) is 11.4. The Balaban J connectivity index is 2.27. The predicted molar refractivity (Wildman–Crippen MR) is 109 cm³/mol. The fraction of sp³-hybridized carbons (Fsp3) is 0.636. The lowest BCUT2D eigenvalue weighted by molar-refractivity contribution is 0.368. The molecule has 0 amide bonds. The van der Waals surface area contributed by atoms with Gasteiger partial charge in [0.25, 0.3) is 0 Å². The van der Waals surface area contributed by atoms with Gasteiger partial charge in [0.05, 0.1) is 0 Å². The number of hydrogen-bond acceptors (Lipinski definition) is 2. The molecule has 0 heterocycles. The zero-order valence-corrected chi connectivity index (χ0v) is 16.4. The summed E-state index contributed by atoms with van der Waals surface area (Å²) >= 11 is 0. The van der Waals surface area contributed by atoms with Gasteiger partial charge in [0.1, 0.15) is 0 Å². The van der Waals surface area contributed by atoms with Gasteiger partial charge in [0.15, 0.2) is 0 Å². The van der Waals surface area contributed by atoms with E-state index in [1.807, 2.05) is 12.4 Å². The highest BCUT2D eigenvalue weighted by atomic mass is 14.7. The molecule has 0 saturated carbocycles. The van der Waals surface area contributed by atoms with Gasteiger partial charge in [-0.15, -0.1) is 0 Å². The van der Waals surface area contributed by atoms with Crippen molar-refractivity contribution >= 4 is 12.4 Å². The summed E-state index contributed by atoms with van der Waals surface area (Å²) in [5.74, 6) is 0.802. The van der Waals surface area contributed by atoms with Crippen LogP contribution in [0.4, 0.5) is 0 Å².